The number of benzene rings is 9. The Balaban J connectivity index is 1.23. The summed E-state index contributed by atoms with van der Waals surface area (Å²) in [4.78, 5) is 2.55. The van der Waals surface area contributed by atoms with Crippen molar-refractivity contribution in [3.63, 3.8) is 0 Å². The Kier molecular flexibility index (Phi) is 8.67. The quantitative estimate of drug-likeness (QED) is 0.162. The lowest BCUT2D eigenvalue weighted by molar-refractivity contribution is 0.590. The third-order valence-electron chi connectivity index (χ3n) is 13.1. The maximum absolute atomic E-state index is 2.55. The van der Waals surface area contributed by atoms with Crippen LogP contribution in [0.2, 0.25) is 0 Å². The predicted molar refractivity (Wildman–Crippen MR) is 264 cm³/mol. The second-order valence-electron chi connectivity index (χ2n) is 18.1. The highest BCUT2D eigenvalue weighted by atomic mass is 32.1. The SMILES string of the molecule is CC(C)(C)c1ccc(-c2ccc(N(c3ccc4c(c3)-c3ccccc3C4(C)C)c3ccc4ccccc4c3-c3cccc4sc5ccccc5c34)c(-c3ccccc3)c2)cc1. The van der Waals surface area contributed by atoms with Crippen LogP contribution in [-0.4, -0.2) is 0 Å². The molecule has 1 nitrogen and oxygen atoms in total. The summed E-state index contributed by atoms with van der Waals surface area (Å²) < 4.78 is 2.60. The summed E-state index contributed by atoms with van der Waals surface area (Å²) in [6.45, 7) is 11.6. The van der Waals surface area contributed by atoms with Gasteiger partial charge in [0.2, 0.25) is 0 Å². The Labute approximate surface area is 363 Å². The normalized spacial score (nSPS) is 13.1. The van der Waals surface area contributed by atoms with Crippen molar-refractivity contribution in [2.45, 2.75) is 45.4 Å². The molecule has 2 heteroatoms. The Morgan fingerprint density at radius 1 is 0.443 bits per heavy atom. The molecule has 0 saturated heterocycles. The number of hydrogen-bond acceptors (Lipinski definition) is 2. The van der Waals surface area contributed by atoms with Gasteiger partial charge in [0, 0.05) is 42.4 Å². The minimum Gasteiger partial charge on any atom is -0.309 e. The molecule has 0 spiro atoms. The Hall–Kier alpha value is -6.74. The molecule has 9 aromatic carbocycles. The van der Waals surface area contributed by atoms with Crippen molar-refractivity contribution >= 4 is 59.3 Å². The van der Waals surface area contributed by atoms with E-state index in [0.717, 1.165) is 17.1 Å². The van der Waals surface area contributed by atoms with Crippen LogP contribution in [-0.2, 0) is 10.8 Å². The molecule has 11 rings (SSSR count). The van der Waals surface area contributed by atoms with E-state index in [4.69, 9.17) is 0 Å². The van der Waals surface area contributed by atoms with E-state index in [1.807, 2.05) is 11.3 Å². The van der Waals surface area contributed by atoms with Crippen LogP contribution in [0.5, 0.6) is 0 Å². The highest BCUT2D eigenvalue weighted by Crippen LogP contribution is 2.54. The number of nitrogens with zero attached hydrogens (tertiary/aromatic N) is 1. The molecule has 0 bridgehead atoms. The van der Waals surface area contributed by atoms with Gasteiger partial charge >= 0.3 is 0 Å². The molecule has 0 unspecified atom stereocenters. The lowest BCUT2D eigenvalue weighted by atomic mass is 9.82. The second-order valence-corrected chi connectivity index (χ2v) is 19.2. The zero-order chi connectivity index (χ0) is 41.5. The van der Waals surface area contributed by atoms with Gasteiger partial charge in [0.25, 0.3) is 0 Å². The number of thiophene rings is 1. The van der Waals surface area contributed by atoms with Gasteiger partial charge in [-0.05, 0) is 109 Å². The van der Waals surface area contributed by atoms with E-state index in [9.17, 15) is 0 Å². The van der Waals surface area contributed by atoms with E-state index in [1.165, 1.54) is 92.1 Å². The first-order valence-corrected chi connectivity index (χ1v) is 22.2. The molecule has 0 fully saturated rings. The monoisotopic (exact) mass is 801 g/mol. The molecule has 0 saturated carbocycles. The smallest absolute Gasteiger partial charge is 0.0546 e. The van der Waals surface area contributed by atoms with Gasteiger partial charge in [-0.25, -0.2) is 0 Å². The highest BCUT2D eigenvalue weighted by molar-refractivity contribution is 7.25. The van der Waals surface area contributed by atoms with Crippen LogP contribution >= 0.6 is 11.3 Å². The van der Waals surface area contributed by atoms with Crippen LogP contribution in [0.15, 0.2) is 194 Å². The van der Waals surface area contributed by atoms with Crippen molar-refractivity contribution in [3.8, 4) is 44.5 Å². The Bertz CT molecular complexity index is 3310. The largest absolute Gasteiger partial charge is 0.309 e. The van der Waals surface area contributed by atoms with Gasteiger partial charge in [-0.15, -0.1) is 11.3 Å². The van der Waals surface area contributed by atoms with E-state index in [1.54, 1.807) is 0 Å². The van der Waals surface area contributed by atoms with Crippen molar-refractivity contribution in [2.24, 2.45) is 0 Å². The van der Waals surface area contributed by atoms with Gasteiger partial charge in [0.05, 0.1) is 11.4 Å². The fourth-order valence-electron chi connectivity index (χ4n) is 9.89. The first-order valence-electron chi connectivity index (χ1n) is 21.4. The van der Waals surface area contributed by atoms with Crippen LogP contribution in [0, 0.1) is 0 Å². The fraction of sp³-hybridized carbons (Fsp3) is 0.119. The third kappa shape index (κ3) is 6.12. The van der Waals surface area contributed by atoms with Gasteiger partial charge in [-0.1, -0.05) is 186 Å². The van der Waals surface area contributed by atoms with E-state index in [-0.39, 0.29) is 10.8 Å². The molecule has 61 heavy (non-hydrogen) atoms. The van der Waals surface area contributed by atoms with Crippen LogP contribution in [0.3, 0.4) is 0 Å². The summed E-state index contributed by atoms with van der Waals surface area (Å²) in [7, 11) is 0. The summed E-state index contributed by atoms with van der Waals surface area (Å²) in [5.41, 5.74) is 17.3. The maximum Gasteiger partial charge on any atom is 0.0546 e. The average molecular weight is 802 g/mol. The van der Waals surface area contributed by atoms with Crippen LogP contribution in [0.25, 0.3) is 75.5 Å². The van der Waals surface area contributed by atoms with Gasteiger partial charge in [-0.3, -0.25) is 0 Å². The van der Waals surface area contributed by atoms with Crippen LogP contribution in [0.4, 0.5) is 17.1 Å². The van der Waals surface area contributed by atoms with Gasteiger partial charge in [0.15, 0.2) is 0 Å². The first kappa shape index (κ1) is 37.3. The first-order chi connectivity index (χ1) is 29.6. The van der Waals surface area contributed by atoms with E-state index < -0.39 is 0 Å². The lowest BCUT2D eigenvalue weighted by Crippen LogP contribution is -2.16. The zero-order valence-corrected chi connectivity index (χ0v) is 36.1. The molecule has 294 valence electrons. The molecule has 0 amide bonds. The summed E-state index contributed by atoms with van der Waals surface area (Å²) in [5, 5.41) is 5.06. The average Bonchev–Trinajstić information content (AvgIpc) is 3.78. The number of hydrogen-bond donors (Lipinski definition) is 0. The predicted octanol–water partition coefficient (Wildman–Crippen LogP) is 17.3. The summed E-state index contributed by atoms with van der Waals surface area (Å²) in [6.07, 6.45) is 0. The fourth-order valence-corrected chi connectivity index (χ4v) is 11.0. The minimum absolute atomic E-state index is 0.0842. The number of rotatable bonds is 6. The highest BCUT2D eigenvalue weighted by Gasteiger charge is 2.36. The summed E-state index contributed by atoms with van der Waals surface area (Å²) in [5.74, 6) is 0. The molecule has 0 atom stereocenters. The van der Waals surface area contributed by atoms with Gasteiger partial charge in [0.1, 0.15) is 0 Å². The third-order valence-corrected chi connectivity index (χ3v) is 14.2. The summed E-state index contributed by atoms with van der Waals surface area (Å²) >= 11 is 1.88. The molecule has 1 aliphatic rings. The van der Waals surface area contributed by atoms with Crippen molar-refractivity contribution in [1.82, 2.24) is 0 Å². The molecule has 1 aromatic heterocycles. The van der Waals surface area contributed by atoms with Gasteiger partial charge in [-0.2, -0.15) is 0 Å². The van der Waals surface area contributed by atoms with Gasteiger partial charge < -0.3 is 4.90 Å². The van der Waals surface area contributed by atoms with Crippen molar-refractivity contribution in [2.75, 3.05) is 4.90 Å². The van der Waals surface area contributed by atoms with Crippen molar-refractivity contribution in [1.29, 1.82) is 0 Å². The maximum atomic E-state index is 2.55. The molecule has 0 aliphatic heterocycles. The van der Waals surface area contributed by atoms with E-state index >= 15 is 0 Å². The second kappa shape index (κ2) is 14.2. The molecule has 0 radical (unpaired) electrons. The number of anilines is 3. The molecule has 0 N–H and O–H groups in total. The molecular formula is C59H47NS. The summed E-state index contributed by atoms with van der Waals surface area (Å²) in [6, 6.07) is 72.7. The Morgan fingerprint density at radius 2 is 1.10 bits per heavy atom. The molecular weight excluding hydrogens is 755 g/mol. The van der Waals surface area contributed by atoms with Crippen molar-refractivity contribution in [3.05, 3.63) is 211 Å². The van der Waals surface area contributed by atoms with E-state index in [2.05, 4.69) is 234 Å². The van der Waals surface area contributed by atoms with E-state index in [0.29, 0.717) is 0 Å². The zero-order valence-electron chi connectivity index (χ0n) is 35.3. The lowest BCUT2D eigenvalue weighted by Gasteiger charge is -2.32. The van der Waals surface area contributed by atoms with Crippen molar-refractivity contribution < 1.29 is 0 Å². The molecule has 1 aliphatic carbocycles. The molecule has 1 heterocycles. The van der Waals surface area contributed by atoms with Crippen LogP contribution in [0.1, 0.15) is 51.3 Å². The van der Waals surface area contributed by atoms with Crippen LogP contribution < -0.4 is 4.90 Å². The Morgan fingerprint density at radius 3 is 1.92 bits per heavy atom. The standard InChI is InChI=1S/C59H47NS/c1-58(2,3)42-30-26-38(27-31-42)41-29-34-52(48(36-41)39-16-7-6-8-17-39)60(43-32-33-51-49(37-43)45-20-11-13-23-50(45)59(51,4)5)53-35-28-40-18-9-10-19-44(40)56(53)47-22-15-25-55-57(47)46-21-12-14-24-54(46)61-55/h6-37H,1-5H3. The molecule has 10 aromatic rings. The number of fused-ring (bicyclic) bond motifs is 7. The topological polar surface area (TPSA) is 3.24 Å². The minimum atomic E-state index is -0.0988.